The Balaban J connectivity index is 0.000000191. The molecule has 0 fully saturated rings. The van der Waals surface area contributed by atoms with Gasteiger partial charge in [-0.25, -0.2) is 9.59 Å². The molecule has 1 amide bonds. The van der Waals surface area contributed by atoms with Gasteiger partial charge in [-0.2, -0.15) is 19.9 Å². The van der Waals surface area contributed by atoms with Crippen molar-refractivity contribution >= 4 is 136 Å². The smallest absolute Gasteiger partial charge is 0.343 e. The number of carboxylic acid groups (broad SMARTS) is 1. The second-order valence-corrected chi connectivity index (χ2v) is 19.1. The summed E-state index contributed by atoms with van der Waals surface area (Å²) in [5, 5.41) is 16.3. The maximum atomic E-state index is 12.8. The molecule has 0 saturated heterocycles. The van der Waals surface area contributed by atoms with Gasteiger partial charge < -0.3 is 53.1 Å². The summed E-state index contributed by atoms with van der Waals surface area (Å²) in [6.07, 6.45) is 4.18. The molecule has 25 heteroatoms. The normalized spacial score (nSPS) is 10.4. The van der Waals surface area contributed by atoms with Crippen LogP contribution in [0.25, 0.3) is 33.1 Å². The zero-order chi connectivity index (χ0) is 54.6. The number of benzene rings is 1. The molecule has 388 valence electrons. The van der Waals surface area contributed by atoms with E-state index in [2.05, 4.69) is 30.6 Å². The van der Waals surface area contributed by atoms with Gasteiger partial charge in [0.05, 0.1) is 61.9 Å². The van der Waals surface area contributed by atoms with E-state index in [1.807, 2.05) is 99.1 Å². The van der Waals surface area contributed by atoms with E-state index in [0.29, 0.717) is 73.5 Å². The lowest BCUT2D eigenvalue weighted by atomic mass is 10.1. The van der Waals surface area contributed by atoms with E-state index in [1.54, 1.807) is 80.7 Å². The molecule has 1 aromatic carbocycles. The van der Waals surface area contributed by atoms with Crippen LogP contribution >= 0.6 is 79.4 Å². The van der Waals surface area contributed by atoms with E-state index in [1.165, 1.54) is 44.5 Å². The minimum absolute atomic E-state index is 0.00427. The summed E-state index contributed by atoms with van der Waals surface area (Å²) in [5.74, 6) is 0.426. The van der Waals surface area contributed by atoms with Gasteiger partial charge in [0.2, 0.25) is 39.8 Å². The monoisotopic (exact) mass is 1370 g/mol. The molecule has 7 aromatic heterocycles. The van der Waals surface area contributed by atoms with Crippen LogP contribution in [0.2, 0.25) is 5.02 Å². The molecule has 8 aromatic rings. The summed E-state index contributed by atoms with van der Waals surface area (Å²) in [4.78, 5) is 89.3. The van der Waals surface area contributed by atoms with E-state index >= 15 is 0 Å². The lowest BCUT2D eigenvalue weighted by Gasteiger charge is -2.11. The predicted molar refractivity (Wildman–Crippen MR) is 305 cm³/mol. The summed E-state index contributed by atoms with van der Waals surface area (Å²) < 4.78 is 32.0. The van der Waals surface area contributed by atoms with E-state index < -0.39 is 23.3 Å². The Morgan fingerprint density at radius 3 is 1.49 bits per heavy atom. The number of aromatic nitrogens is 7. The van der Waals surface area contributed by atoms with Crippen molar-refractivity contribution in [2.24, 2.45) is 21.1 Å². The van der Waals surface area contributed by atoms with Crippen LogP contribution in [0.15, 0.2) is 93.6 Å². The SMILES string of the molecule is CCOC(=O)c1cn(C)c2nc(OC)c(I)cc2c1=O.CNc1cccc(OC)n1.COc1nc2c(cc1I)c(=O)c(C(=O)NCc1ccc(Cl)cc1)cn2C.COc1nc2c(cc1I)c(=O)c(C(=O)O)cn2C. The molecule has 3 N–H and O–H groups in total. The van der Waals surface area contributed by atoms with Gasteiger partial charge in [-0.05, 0) is 117 Å². The molecule has 0 bridgehead atoms. The quantitative estimate of drug-likeness (QED) is 0.0852. The predicted octanol–water partition coefficient (Wildman–Crippen LogP) is 7.23. The topological polar surface area (TPSA) is 259 Å². The number of amides is 1. The highest BCUT2D eigenvalue weighted by Crippen LogP contribution is 2.25. The lowest BCUT2D eigenvalue weighted by molar-refractivity contribution is 0.0523. The van der Waals surface area contributed by atoms with Crippen molar-refractivity contribution in [3.8, 4) is 23.5 Å². The van der Waals surface area contributed by atoms with Gasteiger partial charge in [0, 0.05) is 64.4 Å². The van der Waals surface area contributed by atoms with Crippen molar-refractivity contribution in [3.05, 3.63) is 148 Å². The standard InChI is InChI=1S/C18H15ClIN3O3.C13H13IN2O4.C11H9IN2O4.C7H10N2O/c1-23-9-13(17(25)21-8-10-3-5-11(19)6-4-10)15(24)12-7-14(20)18(26-2)22-16(12)23;1-4-20-13(18)8-6-16(2)11-7(10(8)17)5-9(14)12(15-11)19-3;1-14-4-6(11(16)17)8(15)5-3-7(12)10(18-2)13-9(5)14;1-8-6-4-3-5-7(9-6)10-2/h3-7,9H,8H2,1-2H3,(H,21,25);5-6H,4H2,1-3H3;3-4H,1-2H3,(H,16,17);3-5H,1-2H3,(H,8,9). The fourth-order valence-electron chi connectivity index (χ4n) is 6.72. The molecule has 0 aliphatic rings. The maximum absolute atomic E-state index is 12.8. The molecule has 7 heterocycles. The first-order chi connectivity index (χ1) is 35.2. The third-order valence-corrected chi connectivity index (χ3v) is 12.9. The minimum Gasteiger partial charge on any atom is -0.481 e. The molecule has 0 aliphatic carbocycles. The molecular formula is C49H47ClI3N9O12. The Hall–Kier alpha value is -6.66. The second kappa shape index (κ2) is 26.5. The van der Waals surface area contributed by atoms with Crippen molar-refractivity contribution in [3.63, 3.8) is 0 Å². The van der Waals surface area contributed by atoms with Gasteiger partial charge in [-0.15, -0.1) is 0 Å². The minimum atomic E-state index is -1.25. The van der Waals surface area contributed by atoms with Crippen LogP contribution in [0.4, 0.5) is 5.82 Å². The van der Waals surface area contributed by atoms with Crippen molar-refractivity contribution in [2.45, 2.75) is 13.5 Å². The number of ether oxygens (including phenoxy) is 5. The first kappa shape index (κ1) is 58.2. The summed E-state index contributed by atoms with van der Waals surface area (Å²) >= 11 is 11.9. The number of aryl methyl sites for hydroxylation is 3. The maximum Gasteiger partial charge on any atom is 0.343 e. The van der Waals surface area contributed by atoms with Crippen molar-refractivity contribution in [2.75, 3.05) is 47.4 Å². The Morgan fingerprint density at radius 1 is 0.635 bits per heavy atom. The fourth-order valence-corrected chi connectivity index (χ4v) is 8.80. The largest absolute Gasteiger partial charge is 0.481 e. The van der Waals surface area contributed by atoms with Crippen molar-refractivity contribution < 1.29 is 43.2 Å². The van der Waals surface area contributed by atoms with Gasteiger partial charge in [0.15, 0.2) is 0 Å². The van der Waals surface area contributed by atoms with Gasteiger partial charge >= 0.3 is 11.9 Å². The number of carboxylic acids is 1. The van der Waals surface area contributed by atoms with Crippen molar-refractivity contribution in [1.82, 2.24) is 39.0 Å². The molecule has 0 aliphatic heterocycles. The summed E-state index contributed by atoms with van der Waals surface area (Å²) in [6.45, 7) is 2.22. The van der Waals surface area contributed by atoms with Crippen LogP contribution in [0, 0.1) is 10.7 Å². The van der Waals surface area contributed by atoms with Gasteiger partial charge in [0.25, 0.3) is 5.91 Å². The highest BCUT2D eigenvalue weighted by molar-refractivity contribution is 14.1. The number of nitrogens with zero attached hydrogens (tertiary/aromatic N) is 7. The average Bonchev–Trinajstić information content (AvgIpc) is 3.39. The Bertz CT molecular complexity index is 3580. The van der Waals surface area contributed by atoms with Crippen LogP contribution < -0.4 is 45.9 Å². The van der Waals surface area contributed by atoms with Gasteiger partial charge in [0.1, 0.15) is 39.4 Å². The molecule has 0 spiro atoms. The number of rotatable bonds is 11. The number of fused-ring (bicyclic) bond motifs is 3. The number of nitrogens with one attached hydrogen (secondary N) is 2. The molecule has 21 nitrogen and oxygen atoms in total. The highest BCUT2D eigenvalue weighted by Gasteiger charge is 2.20. The Labute approximate surface area is 468 Å². The fraction of sp³-hybridized carbons (Fsp3) is 0.224. The number of anilines is 1. The summed E-state index contributed by atoms with van der Waals surface area (Å²) in [7, 11) is 13.0. The van der Waals surface area contributed by atoms with Gasteiger partial charge in [-0.3, -0.25) is 19.2 Å². The molecule has 0 atom stereocenters. The molecular weight excluding hydrogens is 1320 g/mol. The number of aromatic carboxylic acids is 1. The van der Waals surface area contributed by atoms with Gasteiger partial charge in [-0.1, -0.05) is 29.8 Å². The van der Waals surface area contributed by atoms with Crippen LogP contribution in [0.3, 0.4) is 0 Å². The zero-order valence-electron chi connectivity index (χ0n) is 41.0. The van der Waals surface area contributed by atoms with E-state index in [0.717, 1.165) is 11.4 Å². The van der Waals surface area contributed by atoms with Crippen LogP contribution in [0.5, 0.6) is 23.5 Å². The third kappa shape index (κ3) is 13.9. The van der Waals surface area contributed by atoms with E-state index in [-0.39, 0.29) is 39.5 Å². The second-order valence-electron chi connectivity index (χ2n) is 15.2. The number of esters is 1. The Kier molecular flexibility index (Phi) is 20.9. The molecule has 74 heavy (non-hydrogen) atoms. The van der Waals surface area contributed by atoms with Crippen LogP contribution in [-0.2, 0) is 32.4 Å². The average molecular weight is 1370 g/mol. The number of pyridine rings is 7. The van der Waals surface area contributed by atoms with Crippen LogP contribution in [-0.4, -0.2) is 98.7 Å². The number of halogens is 4. The number of methoxy groups -OCH3 is 4. The lowest BCUT2D eigenvalue weighted by Crippen LogP contribution is -2.29. The summed E-state index contributed by atoms with van der Waals surface area (Å²) in [6, 6.07) is 17.6. The van der Waals surface area contributed by atoms with E-state index in [4.69, 9.17) is 40.4 Å². The van der Waals surface area contributed by atoms with Crippen LogP contribution in [0.1, 0.15) is 43.6 Å². The first-order valence-corrected chi connectivity index (χ1v) is 25.2. The Morgan fingerprint density at radius 2 is 1.07 bits per heavy atom. The van der Waals surface area contributed by atoms with E-state index in [9.17, 15) is 28.8 Å². The number of carbonyl (C=O) groups excluding carboxylic acids is 2. The molecule has 8 rings (SSSR count). The highest BCUT2D eigenvalue weighted by atomic mass is 127. The van der Waals surface area contributed by atoms with Crippen molar-refractivity contribution in [1.29, 1.82) is 0 Å². The third-order valence-electron chi connectivity index (χ3n) is 10.3. The molecule has 0 radical (unpaired) electrons. The zero-order valence-corrected chi connectivity index (χ0v) is 48.2. The summed E-state index contributed by atoms with van der Waals surface area (Å²) in [5.41, 5.74) is 0.715. The first-order valence-electron chi connectivity index (χ1n) is 21.6. The molecule has 0 saturated carbocycles. The number of hydrogen-bond donors (Lipinski definition) is 3. The number of hydrogen-bond acceptors (Lipinski definition) is 16. The molecule has 0 unspecified atom stereocenters. The number of carbonyl (C=O) groups is 3.